The predicted octanol–water partition coefficient (Wildman–Crippen LogP) is 5.92. The lowest BCUT2D eigenvalue weighted by molar-refractivity contribution is -0.138. The van der Waals surface area contributed by atoms with Crippen LogP contribution in [0.5, 0.6) is 0 Å². The summed E-state index contributed by atoms with van der Waals surface area (Å²) >= 11 is 0. The third-order valence-corrected chi connectivity index (χ3v) is 13.1. The molecule has 0 unspecified atom stereocenters. The zero-order valence-corrected chi connectivity index (χ0v) is 34.2. The molecule has 2 aliphatic heterocycles. The van der Waals surface area contributed by atoms with Gasteiger partial charge in [0.2, 0.25) is 11.8 Å². The highest BCUT2D eigenvalue weighted by Gasteiger charge is 2.41. The van der Waals surface area contributed by atoms with Crippen LogP contribution >= 0.6 is 0 Å². The number of carbonyl (C=O) groups excluding carboxylic acids is 3. The number of pyridine rings is 1. The van der Waals surface area contributed by atoms with Gasteiger partial charge >= 0.3 is 0 Å². The molecule has 12 nitrogen and oxygen atoms in total. The van der Waals surface area contributed by atoms with Crippen LogP contribution in [0.3, 0.4) is 0 Å². The number of hydrogen-bond acceptors (Lipinski definition) is 9. The van der Waals surface area contributed by atoms with Crippen molar-refractivity contribution in [2.75, 3.05) is 45.8 Å². The summed E-state index contributed by atoms with van der Waals surface area (Å²) in [7, 11) is 0. The first-order valence-electron chi connectivity index (χ1n) is 21.6. The van der Waals surface area contributed by atoms with E-state index in [9.17, 15) is 28.3 Å². The number of halogens is 2. The Bertz CT molecular complexity index is 2060. The molecule has 2 aliphatic carbocycles. The van der Waals surface area contributed by atoms with Crippen molar-refractivity contribution >= 4 is 17.7 Å². The molecule has 0 spiro atoms. The van der Waals surface area contributed by atoms with Gasteiger partial charge in [0.05, 0.1) is 29.2 Å². The molecule has 2 aromatic heterocycles. The lowest BCUT2D eigenvalue weighted by Crippen LogP contribution is -2.58. The maximum absolute atomic E-state index is 14.0. The second kappa shape index (κ2) is 18.4. The number of aliphatic hydroxyl groups is 1. The highest BCUT2D eigenvalue weighted by atomic mass is 19.3. The topological polar surface area (TPSA) is 138 Å². The van der Waals surface area contributed by atoms with Crippen molar-refractivity contribution in [2.45, 2.75) is 94.5 Å². The predicted molar refractivity (Wildman–Crippen MR) is 222 cm³/mol. The van der Waals surface area contributed by atoms with Crippen molar-refractivity contribution in [3.8, 4) is 0 Å². The van der Waals surface area contributed by atoms with Gasteiger partial charge in [-0.05, 0) is 75.3 Å². The molecule has 2 aromatic carbocycles. The zero-order valence-electron chi connectivity index (χ0n) is 34.2. The molecule has 0 radical (unpaired) electrons. The second-order valence-electron chi connectivity index (χ2n) is 17.1. The fourth-order valence-corrected chi connectivity index (χ4v) is 9.67. The number of imide groups is 1. The van der Waals surface area contributed by atoms with Gasteiger partial charge in [-0.3, -0.25) is 34.1 Å². The quantitative estimate of drug-likeness (QED) is 0.0715. The smallest absolute Gasteiger partial charge is 0.261 e. The summed E-state index contributed by atoms with van der Waals surface area (Å²) in [5, 5.41) is 15.1. The molecule has 4 aliphatic rings. The molecule has 3 atom stereocenters. The summed E-state index contributed by atoms with van der Waals surface area (Å²) in [5.41, 5.74) is 3.22. The molecule has 4 aromatic rings. The van der Waals surface area contributed by atoms with E-state index >= 15 is 0 Å². The molecule has 4 heterocycles. The van der Waals surface area contributed by atoms with Gasteiger partial charge < -0.3 is 20.3 Å². The van der Waals surface area contributed by atoms with E-state index in [2.05, 4.69) is 36.1 Å². The summed E-state index contributed by atoms with van der Waals surface area (Å²) in [6, 6.07) is 20.5. The minimum Gasteiger partial charge on any atom is -0.367 e. The maximum Gasteiger partial charge on any atom is 0.261 e. The number of H-pyrrole nitrogens is 1. The van der Waals surface area contributed by atoms with E-state index in [1.54, 1.807) is 42.7 Å². The molecule has 8 rings (SSSR count). The number of nitrogens with zero attached hydrogens (tertiary/aromatic N) is 6. The number of benzene rings is 2. The first-order valence-corrected chi connectivity index (χ1v) is 21.6. The van der Waals surface area contributed by atoms with E-state index in [0.717, 1.165) is 63.3 Å². The van der Waals surface area contributed by atoms with Gasteiger partial charge in [-0.1, -0.05) is 48.5 Å². The number of aromatic amines is 1. The third kappa shape index (κ3) is 9.52. The first kappa shape index (κ1) is 41.8. The number of hydrogen-bond donors (Lipinski definition) is 3. The van der Waals surface area contributed by atoms with Crippen LogP contribution in [0.25, 0.3) is 0 Å². The van der Waals surface area contributed by atoms with Gasteiger partial charge in [0.25, 0.3) is 11.8 Å². The fourth-order valence-electron chi connectivity index (χ4n) is 9.67. The van der Waals surface area contributed by atoms with Gasteiger partial charge in [0.15, 0.2) is 5.72 Å². The zero-order chi connectivity index (χ0) is 41.7. The van der Waals surface area contributed by atoms with Crippen molar-refractivity contribution in [1.82, 2.24) is 39.9 Å². The Morgan fingerprint density at radius 2 is 1.70 bits per heavy atom. The molecular formula is C46H56F2N8O4. The van der Waals surface area contributed by atoms with E-state index in [0.29, 0.717) is 49.3 Å². The normalized spacial score (nSPS) is 22.1. The summed E-state index contributed by atoms with van der Waals surface area (Å²) in [5.74, 6) is -4.18. The number of alkyl halides is 2. The Morgan fingerprint density at radius 3 is 2.43 bits per heavy atom. The Kier molecular flexibility index (Phi) is 12.8. The van der Waals surface area contributed by atoms with E-state index in [1.807, 2.05) is 36.7 Å². The van der Waals surface area contributed by atoms with Crippen LogP contribution in [0.4, 0.5) is 8.78 Å². The first-order chi connectivity index (χ1) is 29.1. The molecule has 2 fully saturated rings. The van der Waals surface area contributed by atoms with Crippen LogP contribution in [-0.2, 0) is 23.5 Å². The molecule has 1 saturated heterocycles. The fraction of sp³-hybridized carbons (Fsp3) is 0.500. The number of unbranched alkanes of at least 4 members (excludes halogenated alkanes) is 1. The molecule has 318 valence electrons. The van der Waals surface area contributed by atoms with E-state index in [-0.39, 0.29) is 61.9 Å². The van der Waals surface area contributed by atoms with Crippen LogP contribution in [0.2, 0.25) is 0 Å². The largest absolute Gasteiger partial charge is 0.367 e. The van der Waals surface area contributed by atoms with Crippen molar-refractivity contribution in [1.29, 1.82) is 0 Å². The number of aromatic nitrogens is 3. The van der Waals surface area contributed by atoms with Crippen LogP contribution < -0.4 is 5.32 Å². The highest BCUT2D eigenvalue weighted by Crippen LogP contribution is 2.38. The van der Waals surface area contributed by atoms with Crippen LogP contribution in [0, 0.1) is 5.92 Å². The number of fused-ring (bicyclic) bond motifs is 2. The van der Waals surface area contributed by atoms with Gasteiger partial charge in [-0.25, -0.2) is 13.8 Å². The van der Waals surface area contributed by atoms with Gasteiger partial charge in [-0.2, -0.15) is 0 Å². The van der Waals surface area contributed by atoms with Crippen molar-refractivity contribution in [3.05, 3.63) is 119 Å². The third-order valence-electron chi connectivity index (χ3n) is 13.1. The van der Waals surface area contributed by atoms with Crippen LogP contribution in [-0.4, -0.2) is 115 Å². The van der Waals surface area contributed by atoms with Crippen LogP contribution in [0.1, 0.15) is 107 Å². The Balaban J connectivity index is 0.985. The summed E-state index contributed by atoms with van der Waals surface area (Å²) in [4.78, 5) is 61.0. The standard InChI is InChI=1S/C46H56F2N8O4/c47-45(48)19-17-34(18-20-45)42(57)52-46(60,35-12-2-1-3-13-35)21-25-53-26-27-54(29-36-28-49-32-51-36)37(30-53)31-55(40-16-8-10-33-11-9-22-50-41(33)40)23-6-7-24-56-43(58)38-14-4-5-15-39(38)44(56)59/h1-5,9,11-15,22,28,32,34,37,40,60H,6-8,10,16-21,23-27,29-31H2,(H,49,51)(H,52,57)/t37-,40+,46+/m1/s1. The molecule has 14 heteroatoms. The lowest BCUT2D eigenvalue weighted by atomic mass is 9.85. The average Bonchev–Trinajstić information content (AvgIpc) is 3.87. The number of imidazole rings is 1. The number of nitrogens with one attached hydrogen (secondary N) is 2. The van der Waals surface area contributed by atoms with Gasteiger partial charge in [0.1, 0.15) is 0 Å². The monoisotopic (exact) mass is 822 g/mol. The van der Waals surface area contributed by atoms with E-state index in [4.69, 9.17) is 4.98 Å². The minimum absolute atomic E-state index is 0.0793. The number of piperazine rings is 1. The van der Waals surface area contributed by atoms with Crippen molar-refractivity contribution < 1.29 is 28.3 Å². The van der Waals surface area contributed by atoms with Crippen molar-refractivity contribution in [2.24, 2.45) is 5.92 Å². The maximum atomic E-state index is 14.0. The number of rotatable bonds is 16. The van der Waals surface area contributed by atoms with Gasteiger partial charge in [-0.15, -0.1) is 0 Å². The van der Waals surface area contributed by atoms with Gasteiger partial charge in [0, 0.05) is 101 Å². The molecule has 60 heavy (non-hydrogen) atoms. The highest BCUT2D eigenvalue weighted by molar-refractivity contribution is 6.21. The Hall–Kier alpha value is -4.89. The molecule has 1 saturated carbocycles. The lowest BCUT2D eigenvalue weighted by Gasteiger charge is -2.46. The molecule has 3 amide bonds. The Morgan fingerprint density at radius 1 is 0.950 bits per heavy atom. The van der Waals surface area contributed by atoms with E-state index < -0.39 is 17.6 Å². The minimum atomic E-state index is -2.75. The average molecular weight is 823 g/mol. The van der Waals surface area contributed by atoms with Crippen LogP contribution in [0.15, 0.2) is 85.5 Å². The summed E-state index contributed by atoms with van der Waals surface area (Å²) in [6.07, 6.45) is 9.65. The second-order valence-corrected chi connectivity index (χ2v) is 17.1. The number of amides is 3. The molecule has 3 N–H and O–H groups in total. The Labute approximate surface area is 350 Å². The van der Waals surface area contributed by atoms with Crippen molar-refractivity contribution in [3.63, 3.8) is 0 Å². The molecular weight excluding hydrogens is 767 g/mol. The molecule has 0 bridgehead atoms. The SMILES string of the molecule is O=C(N[C@](O)(CCN1CCN(Cc2cnc[nH]2)[C@@H](CN(CCCCN2C(=O)c3ccccc3C2=O)[C@H]2CCCc3cccnc32)C1)c1ccccc1)C1CCC(F)(F)CC1. The summed E-state index contributed by atoms with van der Waals surface area (Å²) < 4.78 is 27.9. The summed E-state index contributed by atoms with van der Waals surface area (Å²) in [6.45, 7) is 5.26. The van der Waals surface area contributed by atoms with E-state index in [1.165, 1.54) is 10.5 Å². The number of carbonyl (C=O) groups is 3. The number of aryl methyl sites for hydroxylation is 1.